The molecule has 5 nitrogen and oxygen atoms in total. The number of hydrogen-bond acceptors (Lipinski definition) is 3. The van der Waals surface area contributed by atoms with Gasteiger partial charge in [0.2, 0.25) is 0 Å². The average Bonchev–Trinajstić information content (AvgIpc) is 2.92. The van der Waals surface area contributed by atoms with E-state index in [1.54, 1.807) is 0 Å². The van der Waals surface area contributed by atoms with Crippen molar-refractivity contribution in [2.45, 2.75) is 18.9 Å². The first kappa shape index (κ1) is 17.2. The normalized spacial score (nSPS) is 18.6. The molecule has 0 radical (unpaired) electrons. The van der Waals surface area contributed by atoms with Crippen LogP contribution >= 0.6 is 24.0 Å². The minimum atomic E-state index is 0. The number of para-hydroxylation sites is 1. The fourth-order valence-corrected chi connectivity index (χ4v) is 1.93. The monoisotopic (exact) mass is 391 g/mol. The lowest BCUT2D eigenvalue weighted by Gasteiger charge is -2.09. The Labute approximate surface area is 137 Å². The Morgan fingerprint density at radius 2 is 2.20 bits per heavy atom. The number of ether oxygens (including phenoxy) is 2. The molecule has 1 atom stereocenters. The van der Waals surface area contributed by atoms with Gasteiger partial charge in [0.05, 0.1) is 25.9 Å². The average molecular weight is 391 g/mol. The third-order valence-corrected chi connectivity index (χ3v) is 2.89. The second-order valence-electron chi connectivity index (χ2n) is 4.47. The van der Waals surface area contributed by atoms with Gasteiger partial charge in [-0.05, 0) is 25.0 Å². The van der Waals surface area contributed by atoms with Gasteiger partial charge in [-0.1, -0.05) is 18.2 Å². The molecule has 2 rings (SSSR count). The smallest absolute Gasteiger partial charge is 0.193 e. The van der Waals surface area contributed by atoms with E-state index in [0.717, 1.165) is 25.1 Å². The number of nitrogens with zero attached hydrogens (tertiary/aromatic N) is 1. The molecule has 1 unspecified atom stereocenters. The van der Waals surface area contributed by atoms with Gasteiger partial charge in [0.1, 0.15) is 0 Å². The zero-order chi connectivity index (χ0) is 13.3. The minimum absolute atomic E-state index is 0. The number of nitrogens with one attached hydrogen (secondary N) is 1. The van der Waals surface area contributed by atoms with Crippen LogP contribution in [0.2, 0.25) is 0 Å². The van der Waals surface area contributed by atoms with Gasteiger partial charge in [0, 0.05) is 12.3 Å². The fourth-order valence-electron chi connectivity index (χ4n) is 1.93. The van der Waals surface area contributed by atoms with Gasteiger partial charge >= 0.3 is 0 Å². The van der Waals surface area contributed by atoms with Crippen LogP contribution in [0.1, 0.15) is 12.8 Å². The highest BCUT2D eigenvalue weighted by Gasteiger charge is 2.14. The number of hydrogen-bond donors (Lipinski definition) is 2. The molecule has 0 aromatic heterocycles. The van der Waals surface area contributed by atoms with E-state index in [-0.39, 0.29) is 30.1 Å². The van der Waals surface area contributed by atoms with E-state index < -0.39 is 0 Å². The van der Waals surface area contributed by atoms with Crippen LogP contribution in [0.15, 0.2) is 35.3 Å². The van der Waals surface area contributed by atoms with Crippen molar-refractivity contribution in [3.05, 3.63) is 30.3 Å². The molecule has 6 heteroatoms. The van der Waals surface area contributed by atoms with E-state index in [0.29, 0.717) is 25.7 Å². The number of nitrogens with two attached hydrogens (primary N) is 1. The van der Waals surface area contributed by atoms with Crippen LogP contribution in [-0.2, 0) is 9.47 Å². The van der Waals surface area contributed by atoms with Crippen LogP contribution in [0, 0.1) is 0 Å². The largest absolute Gasteiger partial charge is 0.377 e. The maximum absolute atomic E-state index is 5.77. The van der Waals surface area contributed by atoms with Crippen LogP contribution in [0.4, 0.5) is 5.69 Å². The Morgan fingerprint density at radius 1 is 1.40 bits per heavy atom. The van der Waals surface area contributed by atoms with Crippen LogP contribution in [-0.4, -0.2) is 38.4 Å². The number of anilines is 1. The molecule has 1 aliphatic rings. The Morgan fingerprint density at radius 3 is 2.90 bits per heavy atom. The summed E-state index contributed by atoms with van der Waals surface area (Å²) in [7, 11) is 0. The van der Waals surface area contributed by atoms with E-state index in [4.69, 9.17) is 15.2 Å². The Hall–Kier alpha value is -0.860. The molecular formula is C14H22IN3O2. The molecule has 1 aromatic carbocycles. The van der Waals surface area contributed by atoms with Crippen molar-refractivity contribution in [2.75, 3.05) is 31.7 Å². The first-order chi connectivity index (χ1) is 9.34. The Kier molecular flexibility index (Phi) is 8.56. The molecule has 1 fully saturated rings. The van der Waals surface area contributed by atoms with E-state index in [2.05, 4.69) is 10.3 Å². The zero-order valence-corrected chi connectivity index (χ0v) is 13.8. The van der Waals surface area contributed by atoms with E-state index in [1.165, 1.54) is 0 Å². The summed E-state index contributed by atoms with van der Waals surface area (Å²) in [5.41, 5.74) is 6.70. The SMILES string of the molecule is I.NC(=NCCOCC1CCCO1)Nc1ccccc1. The summed E-state index contributed by atoms with van der Waals surface area (Å²) in [6.45, 7) is 2.64. The Balaban J connectivity index is 0.00000200. The van der Waals surface area contributed by atoms with Crippen LogP contribution < -0.4 is 11.1 Å². The summed E-state index contributed by atoms with van der Waals surface area (Å²) in [4.78, 5) is 4.20. The topological polar surface area (TPSA) is 68.9 Å². The molecule has 112 valence electrons. The predicted molar refractivity (Wildman–Crippen MR) is 91.8 cm³/mol. The van der Waals surface area contributed by atoms with Crippen molar-refractivity contribution in [3.8, 4) is 0 Å². The van der Waals surface area contributed by atoms with Gasteiger partial charge in [0.15, 0.2) is 5.96 Å². The molecule has 0 aliphatic carbocycles. The Bertz CT molecular complexity index is 395. The molecule has 0 amide bonds. The fraction of sp³-hybridized carbons (Fsp3) is 0.500. The maximum atomic E-state index is 5.77. The summed E-state index contributed by atoms with van der Waals surface area (Å²) in [6.07, 6.45) is 2.50. The number of aliphatic imine (C=N–C) groups is 1. The minimum Gasteiger partial charge on any atom is -0.377 e. The third kappa shape index (κ3) is 6.53. The van der Waals surface area contributed by atoms with Crippen molar-refractivity contribution in [1.82, 2.24) is 0 Å². The summed E-state index contributed by atoms with van der Waals surface area (Å²) >= 11 is 0. The molecule has 1 aromatic rings. The van der Waals surface area contributed by atoms with Crippen molar-refractivity contribution in [3.63, 3.8) is 0 Å². The number of benzene rings is 1. The molecule has 0 bridgehead atoms. The summed E-state index contributed by atoms with van der Waals surface area (Å²) in [5.74, 6) is 0.409. The first-order valence-electron chi connectivity index (χ1n) is 6.66. The molecule has 0 spiro atoms. The molecule has 1 saturated heterocycles. The lowest BCUT2D eigenvalue weighted by Crippen LogP contribution is -2.23. The second kappa shape index (κ2) is 9.95. The lowest BCUT2D eigenvalue weighted by molar-refractivity contribution is 0.0200. The molecule has 0 saturated carbocycles. The zero-order valence-electron chi connectivity index (χ0n) is 11.5. The van der Waals surface area contributed by atoms with Crippen LogP contribution in [0.5, 0.6) is 0 Å². The van der Waals surface area contributed by atoms with Gasteiger partial charge in [-0.3, -0.25) is 4.99 Å². The molecule has 1 heterocycles. The second-order valence-corrected chi connectivity index (χ2v) is 4.47. The van der Waals surface area contributed by atoms with Gasteiger partial charge in [-0.25, -0.2) is 0 Å². The highest BCUT2D eigenvalue weighted by atomic mass is 127. The van der Waals surface area contributed by atoms with Crippen LogP contribution in [0.25, 0.3) is 0 Å². The van der Waals surface area contributed by atoms with Gasteiger partial charge in [0.25, 0.3) is 0 Å². The predicted octanol–water partition coefficient (Wildman–Crippen LogP) is 2.23. The van der Waals surface area contributed by atoms with Gasteiger partial charge < -0.3 is 20.5 Å². The third-order valence-electron chi connectivity index (χ3n) is 2.89. The van der Waals surface area contributed by atoms with Gasteiger partial charge in [-0.2, -0.15) is 0 Å². The van der Waals surface area contributed by atoms with Crippen LogP contribution in [0.3, 0.4) is 0 Å². The molecule has 20 heavy (non-hydrogen) atoms. The molecule has 3 N–H and O–H groups in total. The number of rotatable bonds is 6. The highest BCUT2D eigenvalue weighted by Crippen LogP contribution is 2.11. The number of guanidine groups is 1. The van der Waals surface area contributed by atoms with Crippen molar-refractivity contribution >= 4 is 35.6 Å². The highest BCUT2D eigenvalue weighted by molar-refractivity contribution is 14.0. The maximum Gasteiger partial charge on any atom is 0.193 e. The van der Waals surface area contributed by atoms with E-state index >= 15 is 0 Å². The quantitative estimate of drug-likeness (QED) is 0.338. The first-order valence-corrected chi connectivity index (χ1v) is 6.66. The standard InChI is InChI=1S/C14H21N3O2.HI/c15-14(17-12-5-2-1-3-6-12)16-8-10-18-11-13-7-4-9-19-13;/h1-3,5-6,13H,4,7-11H2,(H3,15,16,17);1H. The number of halogens is 1. The molecule has 1 aliphatic heterocycles. The van der Waals surface area contributed by atoms with Gasteiger partial charge in [-0.15, -0.1) is 24.0 Å². The summed E-state index contributed by atoms with van der Waals surface area (Å²) < 4.78 is 11.0. The van der Waals surface area contributed by atoms with E-state index in [1.807, 2.05) is 30.3 Å². The molecular weight excluding hydrogens is 369 g/mol. The summed E-state index contributed by atoms with van der Waals surface area (Å²) in [5, 5.41) is 3.02. The van der Waals surface area contributed by atoms with E-state index in [9.17, 15) is 0 Å². The lowest BCUT2D eigenvalue weighted by atomic mass is 10.2. The summed E-state index contributed by atoms with van der Waals surface area (Å²) in [6, 6.07) is 9.73. The van der Waals surface area contributed by atoms with Crippen molar-refractivity contribution in [1.29, 1.82) is 0 Å². The van der Waals surface area contributed by atoms with Crippen molar-refractivity contribution < 1.29 is 9.47 Å². The van der Waals surface area contributed by atoms with Crippen molar-refractivity contribution in [2.24, 2.45) is 10.7 Å².